The molecule has 1 aliphatic rings. The molecule has 0 bridgehead atoms. The fourth-order valence-corrected chi connectivity index (χ4v) is 2.26. The first-order valence-corrected chi connectivity index (χ1v) is 9.19. The molecule has 108 valence electrons. The van der Waals surface area contributed by atoms with Gasteiger partial charge in [-0.25, -0.2) is 0 Å². The molecule has 1 aliphatic carbocycles. The van der Waals surface area contributed by atoms with E-state index in [1.165, 1.54) is 22.6 Å². The molecule has 0 atom stereocenters. The Morgan fingerprint density at radius 1 is 0.810 bits per heavy atom. The van der Waals surface area contributed by atoms with E-state index in [1.54, 1.807) is 20.0 Å². The van der Waals surface area contributed by atoms with Crippen molar-refractivity contribution in [3.8, 4) is 0 Å². The summed E-state index contributed by atoms with van der Waals surface area (Å²) in [5, 5.41) is 0. The van der Waals surface area contributed by atoms with Gasteiger partial charge in [-0.3, -0.25) is 0 Å². The molecule has 0 amide bonds. The standard InChI is InChI=1S/C19H14.Au.ClH/c1-4-10-16(11-5-1)19(17-12-6-2-7-13-17)18-14-8-3-9-15-18;;/h1-8,10-15H;;1H/q;+1;/p-1. The summed E-state index contributed by atoms with van der Waals surface area (Å²) in [7, 11) is 4.58. The molecular formula is C19H14AuCl. The minimum atomic E-state index is 1.19. The summed E-state index contributed by atoms with van der Waals surface area (Å²) >= 11 is 1.75. The van der Waals surface area contributed by atoms with E-state index in [0.717, 1.165) is 0 Å². The van der Waals surface area contributed by atoms with Crippen LogP contribution >= 0.6 is 9.19 Å². The summed E-state index contributed by atoms with van der Waals surface area (Å²) in [6, 6.07) is 21.0. The summed E-state index contributed by atoms with van der Waals surface area (Å²) in [4.78, 5) is 0. The van der Waals surface area contributed by atoms with Crippen LogP contribution in [0.1, 0.15) is 11.1 Å². The van der Waals surface area contributed by atoms with Crippen molar-refractivity contribution in [2.75, 3.05) is 0 Å². The quantitative estimate of drug-likeness (QED) is 0.424. The van der Waals surface area contributed by atoms with Gasteiger partial charge in [-0.15, -0.1) is 0 Å². The molecule has 0 heterocycles. The molecule has 0 spiro atoms. The predicted octanol–water partition coefficient (Wildman–Crippen LogP) is 5.20. The molecule has 0 nitrogen and oxygen atoms in total. The third-order valence-corrected chi connectivity index (χ3v) is 3.12. The van der Waals surface area contributed by atoms with E-state index in [-0.39, 0.29) is 0 Å². The average Bonchev–Trinajstić information content (AvgIpc) is 2.60. The van der Waals surface area contributed by atoms with Crippen LogP contribution in [0.4, 0.5) is 0 Å². The van der Waals surface area contributed by atoms with Gasteiger partial charge in [0.1, 0.15) is 0 Å². The molecule has 3 rings (SSSR count). The third-order valence-electron chi connectivity index (χ3n) is 3.12. The van der Waals surface area contributed by atoms with Crippen LogP contribution in [0.15, 0.2) is 90.5 Å². The topological polar surface area (TPSA) is 0 Å². The van der Waals surface area contributed by atoms with Gasteiger partial charge in [-0.1, -0.05) is 71.8 Å². The van der Waals surface area contributed by atoms with Gasteiger partial charge < -0.3 is 0 Å². The van der Waals surface area contributed by atoms with Crippen LogP contribution in [0.25, 0.3) is 0 Å². The van der Waals surface area contributed by atoms with E-state index >= 15 is 0 Å². The molecule has 21 heavy (non-hydrogen) atoms. The van der Waals surface area contributed by atoms with E-state index in [1.807, 2.05) is 30.4 Å². The summed E-state index contributed by atoms with van der Waals surface area (Å²) in [5.41, 5.74) is 3.65. The Kier molecular flexibility index (Phi) is 6.56. The average molecular weight is 475 g/mol. The van der Waals surface area contributed by atoms with Crippen LogP contribution in [-0.4, -0.2) is 0 Å². The summed E-state index contributed by atoms with van der Waals surface area (Å²) in [6.07, 6.45) is 11.3. The van der Waals surface area contributed by atoms with Gasteiger partial charge in [0.15, 0.2) is 0 Å². The van der Waals surface area contributed by atoms with Gasteiger partial charge >= 0.3 is 29.2 Å². The van der Waals surface area contributed by atoms with Crippen molar-refractivity contribution in [2.45, 2.75) is 0 Å². The Hall–Kier alpha value is -1.53. The number of hydrogen-bond donors (Lipinski definition) is 0. The molecule has 0 radical (unpaired) electrons. The fourth-order valence-electron chi connectivity index (χ4n) is 2.26. The molecule has 0 saturated carbocycles. The first kappa shape index (κ1) is 15.9. The molecule has 0 fully saturated rings. The molecule has 0 aromatic heterocycles. The van der Waals surface area contributed by atoms with Crippen LogP contribution in [-0.2, 0) is 20.0 Å². The Bertz CT molecular complexity index is 588. The van der Waals surface area contributed by atoms with E-state index < -0.39 is 0 Å². The molecule has 2 heteroatoms. The van der Waals surface area contributed by atoms with Crippen LogP contribution in [0.3, 0.4) is 0 Å². The van der Waals surface area contributed by atoms with E-state index in [9.17, 15) is 0 Å². The monoisotopic (exact) mass is 474 g/mol. The molecule has 0 N–H and O–H groups in total. The zero-order chi connectivity index (χ0) is 14.9. The van der Waals surface area contributed by atoms with Crippen molar-refractivity contribution in [1.29, 1.82) is 0 Å². The molecular weight excluding hydrogens is 461 g/mol. The summed E-state index contributed by atoms with van der Waals surface area (Å²) < 4.78 is 0. The second-order valence-electron chi connectivity index (χ2n) is 4.40. The van der Waals surface area contributed by atoms with Crippen LogP contribution in [0.5, 0.6) is 0 Å². The maximum atomic E-state index is 4.58. The Labute approximate surface area is 142 Å². The van der Waals surface area contributed by atoms with Gasteiger partial charge in [0.25, 0.3) is 0 Å². The number of hydrogen-bond acceptors (Lipinski definition) is 0. The van der Waals surface area contributed by atoms with Crippen LogP contribution in [0, 0.1) is 12.0 Å². The zero-order valence-corrected chi connectivity index (χ0v) is 14.2. The van der Waals surface area contributed by atoms with Crippen molar-refractivity contribution in [3.63, 3.8) is 0 Å². The molecule has 0 aliphatic heterocycles. The number of allylic oxidation sites excluding steroid dienone is 6. The van der Waals surface area contributed by atoms with Crippen molar-refractivity contribution < 1.29 is 20.0 Å². The van der Waals surface area contributed by atoms with Crippen LogP contribution < -0.4 is 0 Å². The van der Waals surface area contributed by atoms with E-state index in [2.05, 4.69) is 69.9 Å². The molecule has 0 unspecified atom stereocenters. The Morgan fingerprint density at radius 2 is 1.33 bits per heavy atom. The van der Waals surface area contributed by atoms with Crippen molar-refractivity contribution in [2.24, 2.45) is 0 Å². The minimum absolute atomic E-state index is 1.19. The van der Waals surface area contributed by atoms with Gasteiger partial charge in [0.2, 0.25) is 0 Å². The summed E-state index contributed by atoms with van der Waals surface area (Å²) in [6.45, 7) is 0. The van der Waals surface area contributed by atoms with Gasteiger partial charge in [-0.05, 0) is 5.92 Å². The normalized spacial score (nSPS) is 11.9. The second kappa shape index (κ2) is 8.69. The Balaban J connectivity index is 0.000000774. The second-order valence-corrected chi connectivity index (χ2v) is 4.40. The van der Waals surface area contributed by atoms with E-state index in [0.29, 0.717) is 0 Å². The molecule has 0 saturated heterocycles. The number of benzene rings is 2. The predicted molar refractivity (Wildman–Crippen MR) is 85.2 cm³/mol. The first-order valence-electron chi connectivity index (χ1n) is 6.51. The van der Waals surface area contributed by atoms with Gasteiger partial charge in [0.05, 0.1) is 12.2 Å². The van der Waals surface area contributed by atoms with Gasteiger partial charge in [0, 0.05) is 23.8 Å². The third kappa shape index (κ3) is 4.22. The van der Waals surface area contributed by atoms with E-state index in [4.69, 9.17) is 0 Å². The number of rotatable bonds is 3. The first-order chi connectivity index (χ1) is 10.4. The molecule has 2 aromatic carbocycles. The van der Waals surface area contributed by atoms with Crippen molar-refractivity contribution >= 4 is 9.19 Å². The zero-order valence-electron chi connectivity index (χ0n) is 11.3. The van der Waals surface area contributed by atoms with Crippen molar-refractivity contribution in [3.05, 3.63) is 114 Å². The fraction of sp³-hybridized carbons (Fsp3) is 0. The number of halogens is 1. The van der Waals surface area contributed by atoms with Crippen molar-refractivity contribution in [1.82, 2.24) is 0 Å². The maximum absolute atomic E-state index is 4.58. The Morgan fingerprint density at radius 3 is 1.76 bits per heavy atom. The SMILES string of the molecule is [C+]1=CC([C-](c2ccccc2)c2ccccc2)=CC=C1.[Cl][Au]. The molecule has 2 aromatic rings. The van der Waals surface area contributed by atoms with Crippen LogP contribution in [0.2, 0.25) is 0 Å². The van der Waals surface area contributed by atoms with Gasteiger partial charge in [-0.2, -0.15) is 0 Å². The summed E-state index contributed by atoms with van der Waals surface area (Å²) in [5.74, 6) is 1.25.